The van der Waals surface area contributed by atoms with Crippen LogP contribution in [0.4, 0.5) is 0 Å². The lowest BCUT2D eigenvalue weighted by Crippen LogP contribution is -1.95. The minimum Gasteiger partial charge on any atom is -0.192 e. The molecule has 1 aliphatic carbocycles. The molecule has 1 saturated carbocycles. The third-order valence-corrected chi connectivity index (χ3v) is 4.74. The quantitative estimate of drug-likeness (QED) is 0.805. The van der Waals surface area contributed by atoms with E-state index in [0.717, 1.165) is 14.9 Å². The molecule has 0 atom stereocenters. The summed E-state index contributed by atoms with van der Waals surface area (Å²) in [6.07, 6.45) is 5.27. The van der Waals surface area contributed by atoms with Crippen LogP contribution in [0.25, 0.3) is 0 Å². The molecule has 1 aliphatic rings. The number of hydrogen-bond acceptors (Lipinski definition) is 2. The molecule has 0 aromatic heterocycles. The molecule has 0 aliphatic heterocycles. The molecule has 3 heteroatoms. The number of thioether (sulfide) groups is 1. The minimum absolute atomic E-state index is 0.714. The Morgan fingerprint density at radius 3 is 2.73 bits per heavy atom. The van der Waals surface area contributed by atoms with E-state index in [1.165, 1.54) is 25.7 Å². The van der Waals surface area contributed by atoms with Gasteiger partial charge in [0, 0.05) is 14.6 Å². The summed E-state index contributed by atoms with van der Waals surface area (Å²) in [4.78, 5) is 1.12. The smallest absolute Gasteiger partial charge is 0.101 e. The molecule has 0 saturated heterocycles. The monoisotopic (exact) mass is 281 g/mol. The number of halogens is 1. The predicted molar refractivity (Wildman–Crippen MR) is 67.0 cm³/mol. The van der Waals surface area contributed by atoms with Crippen molar-refractivity contribution < 1.29 is 0 Å². The van der Waals surface area contributed by atoms with Gasteiger partial charge in [0.15, 0.2) is 0 Å². The minimum atomic E-state index is 0.714. The van der Waals surface area contributed by atoms with Gasteiger partial charge < -0.3 is 0 Å². The third-order valence-electron chi connectivity index (χ3n) is 2.68. The van der Waals surface area contributed by atoms with Crippen LogP contribution in [0.5, 0.6) is 0 Å². The molecular weight excluding hydrogens is 270 g/mol. The first-order chi connectivity index (χ1) is 7.31. The SMILES string of the molecule is N#Cc1c(Br)cccc1SC1CCCC1. The number of benzene rings is 1. The van der Waals surface area contributed by atoms with Gasteiger partial charge in [0.1, 0.15) is 6.07 Å². The molecule has 2 rings (SSSR count). The van der Waals surface area contributed by atoms with Crippen LogP contribution < -0.4 is 0 Å². The molecule has 0 amide bonds. The van der Waals surface area contributed by atoms with Gasteiger partial charge in [-0.2, -0.15) is 5.26 Å². The zero-order valence-electron chi connectivity index (χ0n) is 8.37. The summed E-state index contributed by atoms with van der Waals surface area (Å²) in [6.45, 7) is 0. The van der Waals surface area contributed by atoms with Crippen LogP contribution in [-0.2, 0) is 0 Å². The van der Waals surface area contributed by atoms with Crippen molar-refractivity contribution in [1.29, 1.82) is 5.26 Å². The number of rotatable bonds is 2. The van der Waals surface area contributed by atoms with Gasteiger partial charge in [-0.15, -0.1) is 11.8 Å². The van der Waals surface area contributed by atoms with Crippen molar-refractivity contribution in [2.24, 2.45) is 0 Å². The second kappa shape index (κ2) is 5.05. The first-order valence-electron chi connectivity index (χ1n) is 5.16. The molecule has 15 heavy (non-hydrogen) atoms. The van der Waals surface area contributed by atoms with Gasteiger partial charge in [-0.1, -0.05) is 18.9 Å². The third kappa shape index (κ3) is 2.56. The number of hydrogen-bond donors (Lipinski definition) is 0. The molecular formula is C12H12BrNS. The van der Waals surface area contributed by atoms with E-state index >= 15 is 0 Å². The highest BCUT2D eigenvalue weighted by Gasteiger charge is 2.18. The summed E-state index contributed by atoms with van der Waals surface area (Å²) >= 11 is 5.28. The van der Waals surface area contributed by atoms with E-state index in [1.54, 1.807) is 0 Å². The van der Waals surface area contributed by atoms with Gasteiger partial charge in [-0.05, 0) is 40.9 Å². The Morgan fingerprint density at radius 2 is 2.07 bits per heavy atom. The van der Waals surface area contributed by atoms with Crippen molar-refractivity contribution in [3.8, 4) is 6.07 Å². The highest BCUT2D eigenvalue weighted by atomic mass is 79.9. The molecule has 0 spiro atoms. The average Bonchev–Trinajstić information content (AvgIpc) is 2.71. The standard InChI is InChI=1S/C12H12BrNS/c13-11-6-3-7-12(10(11)8-14)15-9-4-1-2-5-9/h3,6-7,9H,1-2,4-5H2. The highest BCUT2D eigenvalue weighted by molar-refractivity contribution is 9.10. The molecule has 0 N–H and O–H groups in total. The Hall–Kier alpha value is -0.460. The van der Waals surface area contributed by atoms with Crippen molar-refractivity contribution >= 4 is 27.7 Å². The molecule has 1 fully saturated rings. The normalized spacial score (nSPS) is 16.5. The first-order valence-corrected chi connectivity index (χ1v) is 6.84. The van der Waals surface area contributed by atoms with Crippen LogP contribution in [-0.4, -0.2) is 5.25 Å². The van der Waals surface area contributed by atoms with Gasteiger partial charge in [0.05, 0.1) is 5.56 Å². The first kappa shape index (κ1) is 11.0. The molecule has 0 unspecified atom stereocenters. The van der Waals surface area contributed by atoms with Crippen molar-refractivity contribution in [3.63, 3.8) is 0 Å². The Balaban J connectivity index is 2.20. The predicted octanol–water partition coefficient (Wildman–Crippen LogP) is 4.36. The Labute approximate surface area is 103 Å². The summed E-state index contributed by atoms with van der Waals surface area (Å²) in [7, 11) is 0. The number of nitriles is 1. The molecule has 1 nitrogen and oxygen atoms in total. The van der Waals surface area contributed by atoms with E-state index in [9.17, 15) is 0 Å². The molecule has 0 heterocycles. The Kier molecular flexibility index (Phi) is 3.71. The summed E-state index contributed by atoms with van der Waals surface area (Å²) < 4.78 is 0.910. The number of nitrogens with zero attached hydrogens (tertiary/aromatic N) is 1. The molecule has 78 valence electrons. The Morgan fingerprint density at radius 1 is 1.33 bits per heavy atom. The molecule has 0 radical (unpaired) electrons. The zero-order valence-corrected chi connectivity index (χ0v) is 10.8. The fourth-order valence-corrected chi connectivity index (χ4v) is 3.84. The van der Waals surface area contributed by atoms with Crippen molar-refractivity contribution in [1.82, 2.24) is 0 Å². The van der Waals surface area contributed by atoms with E-state index in [-0.39, 0.29) is 0 Å². The molecule has 0 bridgehead atoms. The van der Waals surface area contributed by atoms with Crippen LogP contribution in [0.3, 0.4) is 0 Å². The summed E-state index contributed by atoms with van der Waals surface area (Å²) in [5, 5.41) is 9.79. The van der Waals surface area contributed by atoms with Gasteiger partial charge in [-0.25, -0.2) is 0 Å². The molecule has 1 aromatic carbocycles. The van der Waals surface area contributed by atoms with Gasteiger partial charge >= 0.3 is 0 Å². The van der Waals surface area contributed by atoms with E-state index in [0.29, 0.717) is 5.25 Å². The summed E-state index contributed by atoms with van der Waals surface area (Å²) in [6, 6.07) is 8.25. The zero-order chi connectivity index (χ0) is 10.7. The van der Waals surface area contributed by atoms with Gasteiger partial charge in [0.2, 0.25) is 0 Å². The van der Waals surface area contributed by atoms with Crippen LogP contribution in [0.2, 0.25) is 0 Å². The second-order valence-corrected chi connectivity index (χ2v) is 5.95. The maximum absolute atomic E-state index is 9.08. The lowest BCUT2D eigenvalue weighted by atomic mass is 10.2. The van der Waals surface area contributed by atoms with Crippen LogP contribution >= 0.6 is 27.7 Å². The maximum Gasteiger partial charge on any atom is 0.101 e. The maximum atomic E-state index is 9.08. The topological polar surface area (TPSA) is 23.8 Å². The largest absolute Gasteiger partial charge is 0.192 e. The Bertz CT molecular complexity index is 391. The second-order valence-electron chi connectivity index (χ2n) is 3.75. The van der Waals surface area contributed by atoms with Crippen molar-refractivity contribution in [3.05, 3.63) is 28.2 Å². The van der Waals surface area contributed by atoms with Crippen LogP contribution in [0.1, 0.15) is 31.2 Å². The van der Waals surface area contributed by atoms with E-state index in [2.05, 4.69) is 22.0 Å². The van der Waals surface area contributed by atoms with E-state index < -0.39 is 0 Å². The fourth-order valence-electron chi connectivity index (χ4n) is 1.90. The summed E-state index contributed by atoms with van der Waals surface area (Å²) in [5.41, 5.74) is 0.786. The van der Waals surface area contributed by atoms with E-state index in [4.69, 9.17) is 5.26 Å². The van der Waals surface area contributed by atoms with Crippen molar-refractivity contribution in [2.45, 2.75) is 35.8 Å². The highest BCUT2D eigenvalue weighted by Crippen LogP contribution is 2.37. The van der Waals surface area contributed by atoms with Crippen LogP contribution in [0.15, 0.2) is 27.6 Å². The van der Waals surface area contributed by atoms with Crippen molar-refractivity contribution in [2.75, 3.05) is 0 Å². The lowest BCUT2D eigenvalue weighted by molar-refractivity contribution is 0.886. The fraction of sp³-hybridized carbons (Fsp3) is 0.417. The van der Waals surface area contributed by atoms with Gasteiger partial charge in [0.25, 0.3) is 0 Å². The lowest BCUT2D eigenvalue weighted by Gasteiger charge is -2.10. The summed E-state index contributed by atoms with van der Waals surface area (Å²) in [5.74, 6) is 0. The van der Waals surface area contributed by atoms with Crippen LogP contribution in [0, 0.1) is 11.3 Å². The molecule has 1 aromatic rings. The van der Waals surface area contributed by atoms with Gasteiger partial charge in [-0.3, -0.25) is 0 Å². The van der Waals surface area contributed by atoms with E-state index in [1.807, 2.05) is 30.0 Å². The average molecular weight is 282 g/mol.